The van der Waals surface area contributed by atoms with Gasteiger partial charge in [-0.05, 0) is 20.5 Å². The standard InChI is InChI=1S/C14H21ClN4O/c1-9(2)13-16-7-11(15)12(17-13)14(20)19-6-5-10(8-19)18(3)4/h7,9-10H,5-6,8H2,1-4H3. The van der Waals surface area contributed by atoms with Crippen molar-refractivity contribution >= 4 is 17.5 Å². The minimum Gasteiger partial charge on any atom is -0.336 e. The second kappa shape index (κ2) is 6.06. The minimum absolute atomic E-state index is 0.0938. The van der Waals surface area contributed by atoms with Gasteiger partial charge in [-0.25, -0.2) is 9.97 Å². The maximum Gasteiger partial charge on any atom is 0.274 e. The maximum atomic E-state index is 12.5. The summed E-state index contributed by atoms with van der Waals surface area (Å²) in [7, 11) is 4.07. The Morgan fingerprint density at radius 3 is 2.75 bits per heavy atom. The summed E-state index contributed by atoms with van der Waals surface area (Å²) in [6.45, 7) is 5.47. The molecule has 1 aliphatic heterocycles. The summed E-state index contributed by atoms with van der Waals surface area (Å²) < 4.78 is 0. The van der Waals surface area contributed by atoms with Crippen molar-refractivity contribution in [3.63, 3.8) is 0 Å². The average Bonchev–Trinajstić information content (AvgIpc) is 2.88. The van der Waals surface area contributed by atoms with Crippen molar-refractivity contribution in [2.45, 2.75) is 32.2 Å². The Labute approximate surface area is 124 Å². The van der Waals surface area contributed by atoms with E-state index in [0.717, 1.165) is 19.5 Å². The van der Waals surface area contributed by atoms with Gasteiger partial charge in [-0.1, -0.05) is 25.4 Å². The molecule has 20 heavy (non-hydrogen) atoms. The molecule has 110 valence electrons. The molecule has 6 heteroatoms. The van der Waals surface area contributed by atoms with Crippen LogP contribution in [0.3, 0.4) is 0 Å². The van der Waals surface area contributed by atoms with Crippen LogP contribution in [0.5, 0.6) is 0 Å². The fourth-order valence-corrected chi connectivity index (χ4v) is 2.48. The number of nitrogens with zero attached hydrogens (tertiary/aromatic N) is 4. The molecule has 1 saturated heterocycles. The van der Waals surface area contributed by atoms with Gasteiger partial charge in [0.15, 0.2) is 5.69 Å². The van der Waals surface area contributed by atoms with E-state index in [1.807, 2.05) is 32.8 Å². The first-order valence-corrected chi connectivity index (χ1v) is 7.26. The van der Waals surface area contributed by atoms with Crippen molar-refractivity contribution in [2.75, 3.05) is 27.2 Å². The van der Waals surface area contributed by atoms with Gasteiger partial charge in [-0.3, -0.25) is 4.79 Å². The monoisotopic (exact) mass is 296 g/mol. The number of halogens is 1. The summed E-state index contributed by atoms with van der Waals surface area (Å²) in [6.07, 6.45) is 2.51. The molecule has 1 unspecified atom stereocenters. The van der Waals surface area contributed by atoms with E-state index in [2.05, 4.69) is 14.9 Å². The highest BCUT2D eigenvalue weighted by atomic mass is 35.5. The van der Waals surface area contributed by atoms with E-state index in [1.54, 1.807) is 0 Å². The normalized spacial score (nSPS) is 19.1. The number of likely N-dealkylation sites (N-methyl/N-ethyl adjacent to an activating group) is 1. The van der Waals surface area contributed by atoms with Crippen LogP contribution >= 0.6 is 11.6 Å². The van der Waals surface area contributed by atoms with Crippen molar-refractivity contribution in [3.05, 3.63) is 22.7 Å². The Balaban J connectivity index is 2.19. The van der Waals surface area contributed by atoms with Crippen molar-refractivity contribution < 1.29 is 4.79 Å². The lowest BCUT2D eigenvalue weighted by molar-refractivity contribution is 0.0777. The summed E-state index contributed by atoms with van der Waals surface area (Å²) in [5.74, 6) is 0.733. The SMILES string of the molecule is CC(C)c1ncc(Cl)c(C(=O)N2CCC(N(C)C)C2)n1. The van der Waals surface area contributed by atoms with Crippen LogP contribution in [0.1, 0.15) is 42.5 Å². The van der Waals surface area contributed by atoms with Crippen LogP contribution in [0.15, 0.2) is 6.20 Å². The first-order chi connectivity index (χ1) is 9.40. The van der Waals surface area contributed by atoms with E-state index < -0.39 is 0 Å². The molecule has 0 spiro atoms. The Hall–Kier alpha value is -1.20. The smallest absolute Gasteiger partial charge is 0.274 e. The van der Waals surface area contributed by atoms with E-state index in [4.69, 9.17) is 11.6 Å². The van der Waals surface area contributed by atoms with Gasteiger partial charge >= 0.3 is 0 Å². The Morgan fingerprint density at radius 2 is 2.20 bits per heavy atom. The largest absolute Gasteiger partial charge is 0.336 e. The second-order valence-electron chi connectivity index (χ2n) is 5.74. The molecular formula is C14H21ClN4O. The lowest BCUT2D eigenvalue weighted by Crippen LogP contribution is -2.35. The molecule has 1 aliphatic rings. The Bertz CT molecular complexity index is 504. The molecule has 5 nitrogen and oxygen atoms in total. The molecule has 1 aromatic heterocycles. The number of rotatable bonds is 3. The summed E-state index contributed by atoms with van der Waals surface area (Å²) in [5.41, 5.74) is 0.324. The van der Waals surface area contributed by atoms with Gasteiger partial charge in [-0.2, -0.15) is 0 Å². The maximum absolute atomic E-state index is 12.5. The number of carbonyl (C=O) groups is 1. The van der Waals surface area contributed by atoms with E-state index >= 15 is 0 Å². The van der Waals surface area contributed by atoms with Gasteiger partial charge in [0, 0.05) is 25.0 Å². The topological polar surface area (TPSA) is 49.3 Å². The number of aromatic nitrogens is 2. The fraction of sp³-hybridized carbons (Fsp3) is 0.643. The first kappa shape index (κ1) is 15.2. The van der Waals surface area contributed by atoms with Crippen LogP contribution in [0.4, 0.5) is 0 Å². The zero-order valence-corrected chi connectivity index (χ0v) is 13.2. The third-order valence-corrected chi connectivity index (χ3v) is 3.94. The number of likely N-dealkylation sites (tertiary alicyclic amines) is 1. The summed E-state index contributed by atoms with van der Waals surface area (Å²) in [5, 5.41) is 0.327. The molecule has 1 amide bonds. The molecule has 1 atom stereocenters. The van der Waals surface area contributed by atoms with E-state index in [1.165, 1.54) is 6.20 Å². The molecule has 0 radical (unpaired) electrons. The van der Waals surface area contributed by atoms with Crippen molar-refractivity contribution in [3.8, 4) is 0 Å². The van der Waals surface area contributed by atoms with Crippen LogP contribution in [0, 0.1) is 0 Å². The quantitative estimate of drug-likeness (QED) is 0.856. The third kappa shape index (κ3) is 3.10. The highest BCUT2D eigenvalue weighted by molar-refractivity contribution is 6.33. The predicted octanol–water partition coefficient (Wildman–Crippen LogP) is 2.03. The van der Waals surface area contributed by atoms with Crippen LogP contribution < -0.4 is 0 Å². The molecule has 0 saturated carbocycles. The Kier molecular flexibility index (Phi) is 4.60. The number of hydrogen-bond acceptors (Lipinski definition) is 4. The lowest BCUT2D eigenvalue weighted by atomic mass is 10.2. The molecule has 2 heterocycles. The van der Waals surface area contributed by atoms with Gasteiger partial charge in [0.2, 0.25) is 0 Å². The lowest BCUT2D eigenvalue weighted by Gasteiger charge is -2.20. The van der Waals surface area contributed by atoms with E-state index in [-0.39, 0.29) is 11.8 Å². The second-order valence-corrected chi connectivity index (χ2v) is 6.14. The first-order valence-electron chi connectivity index (χ1n) is 6.88. The van der Waals surface area contributed by atoms with Crippen LogP contribution in [-0.4, -0.2) is 58.9 Å². The summed E-state index contributed by atoms with van der Waals surface area (Å²) in [6, 6.07) is 0.407. The third-order valence-electron chi connectivity index (χ3n) is 3.66. The van der Waals surface area contributed by atoms with Gasteiger partial charge in [0.1, 0.15) is 5.82 Å². The van der Waals surface area contributed by atoms with Crippen molar-refractivity contribution in [1.82, 2.24) is 19.8 Å². The number of amides is 1. The van der Waals surface area contributed by atoms with Crippen LogP contribution in [-0.2, 0) is 0 Å². The van der Waals surface area contributed by atoms with Crippen molar-refractivity contribution in [1.29, 1.82) is 0 Å². The van der Waals surface area contributed by atoms with Gasteiger partial charge in [-0.15, -0.1) is 0 Å². The molecule has 0 N–H and O–H groups in total. The van der Waals surface area contributed by atoms with Gasteiger partial charge in [0.05, 0.1) is 11.2 Å². The van der Waals surface area contributed by atoms with Crippen LogP contribution in [0.2, 0.25) is 5.02 Å². The molecule has 2 rings (SSSR count). The molecule has 0 bridgehead atoms. The number of carbonyl (C=O) groups excluding carboxylic acids is 1. The zero-order valence-electron chi connectivity index (χ0n) is 12.4. The van der Waals surface area contributed by atoms with E-state index in [0.29, 0.717) is 22.6 Å². The van der Waals surface area contributed by atoms with Gasteiger partial charge in [0.25, 0.3) is 5.91 Å². The van der Waals surface area contributed by atoms with E-state index in [9.17, 15) is 4.79 Å². The highest BCUT2D eigenvalue weighted by Gasteiger charge is 2.30. The average molecular weight is 297 g/mol. The fourth-order valence-electron chi connectivity index (χ4n) is 2.31. The minimum atomic E-state index is -0.0938. The molecular weight excluding hydrogens is 276 g/mol. The summed E-state index contributed by atoms with van der Waals surface area (Å²) in [4.78, 5) is 25.0. The molecule has 1 fully saturated rings. The van der Waals surface area contributed by atoms with Crippen LogP contribution in [0.25, 0.3) is 0 Å². The predicted molar refractivity (Wildman–Crippen MR) is 79.1 cm³/mol. The Morgan fingerprint density at radius 1 is 1.50 bits per heavy atom. The number of hydrogen-bond donors (Lipinski definition) is 0. The molecule has 0 aromatic carbocycles. The molecule has 1 aromatic rings. The van der Waals surface area contributed by atoms with Crippen molar-refractivity contribution in [2.24, 2.45) is 0 Å². The van der Waals surface area contributed by atoms with Gasteiger partial charge < -0.3 is 9.80 Å². The summed E-state index contributed by atoms with van der Waals surface area (Å²) >= 11 is 6.09. The molecule has 0 aliphatic carbocycles. The zero-order chi connectivity index (χ0) is 14.9. The highest BCUT2D eigenvalue weighted by Crippen LogP contribution is 2.21.